The van der Waals surface area contributed by atoms with E-state index in [1.165, 1.54) is 0 Å². The highest BCUT2D eigenvalue weighted by atomic mass is 16.5. The summed E-state index contributed by atoms with van der Waals surface area (Å²) >= 11 is 0. The number of carbonyl (C=O) groups excluding carboxylic acids is 1. The Balaban J connectivity index is 2.41. The van der Waals surface area contributed by atoms with Crippen molar-refractivity contribution in [1.82, 2.24) is 5.32 Å². The van der Waals surface area contributed by atoms with Gasteiger partial charge in [0, 0.05) is 25.6 Å². The third-order valence-corrected chi connectivity index (χ3v) is 2.29. The first-order valence-corrected chi connectivity index (χ1v) is 5.70. The Morgan fingerprint density at radius 3 is 2.72 bits per heavy atom. The highest BCUT2D eigenvalue weighted by molar-refractivity contribution is 5.75. The molecule has 0 spiro atoms. The average Bonchev–Trinajstić information content (AvgIpc) is 2.41. The molecule has 0 radical (unpaired) electrons. The minimum absolute atomic E-state index is 0.0269. The van der Waals surface area contributed by atoms with Crippen LogP contribution in [0.2, 0.25) is 0 Å². The van der Waals surface area contributed by atoms with Gasteiger partial charge in [-0.05, 0) is 17.7 Å². The molecule has 0 saturated heterocycles. The summed E-state index contributed by atoms with van der Waals surface area (Å²) in [6.07, 6.45) is 0.372. The Bertz CT molecular complexity index is 429. The number of aliphatic hydroxyl groups is 1. The van der Waals surface area contributed by atoms with Crippen LogP contribution in [0.15, 0.2) is 24.3 Å². The van der Waals surface area contributed by atoms with Crippen LogP contribution >= 0.6 is 0 Å². The van der Waals surface area contributed by atoms with Crippen LogP contribution in [-0.4, -0.2) is 31.3 Å². The van der Waals surface area contributed by atoms with Gasteiger partial charge in [0.1, 0.15) is 6.61 Å². The van der Waals surface area contributed by atoms with Crippen LogP contribution in [0.1, 0.15) is 17.5 Å². The number of aliphatic hydroxyl groups excluding tert-OH is 1. The van der Waals surface area contributed by atoms with E-state index in [9.17, 15) is 4.79 Å². The second kappa shape index (κ2) is 8.29. The number of ether oxygens (including phenoxy) is 1. The lowest BCUT2D eigenvalue weighted by Gasteiger charge is -2.05. The molecule has 0 aliphatic heterocycles. The molecule has 0 atom stereocenters. The standard InChI is InChI=1S/C14H17NO3/c1-18-10-8-14(17)15-11-13-6-4-12(5-7-13)3-2-9-16/h4-7,16H,8-11H2,1H3,(H,15,17). The Morgan fingerprint density at radius 2 is 2.11 bits per heavy atom. The monoisotopic (exact) mass is 247 g/mol. The van der Waals surface area contributed by atoms with E-state index in [1.807, 2.05) is 24.3 Å². The molecular weight excluding hydrogens is 230 g/mol. The SMILES string of the molecule is COCCC(=O)NCc1ccc(C#CCO)cc1. The van der Waals surface area contributed by atoms with E-state index in [0.717, 1.165) is 11.1 Å². The predicted octanol–water partition coefficient (Wildman–Crippen LogP) is 0.683. The molecule has 2 N–H and O–H groups in total. The van der Waals surface area contributed by atoms with E-state index in [1.54, 1.807) is 7.11 Å². The second-order valence-electron chi connectivity index (χ2n) is 3.68. The van der Waals surface area contributed by atoms with Crippen molar-refractivity contribution in [2.24, 2.45) is 0 Å². The highest BCUT2D eigenvalue weighted by Gasteiger charge is 2.00. The van der Waals surface area contributed by atoms with Gasteiger partial charge in [-0.15, -0.1) is 0 Å². The van der Waals surface area contributed by atoms with Gasteiger partial charge in [0.15, 0.2) is 0 Å². The van der Waals surface area contributed by atoms with Crippen LogP contribution in [0.3, 0.4) is 0 Å². The van der Waals surface area contributed by atoms with Gasteiger partial charge in [0.2, 0.25) is 5.91 Å². The van der Waals surface area contributed by atoms with Crippen molar-refractivity contribution >= 4 is 5.91 Å². The van der Waals surface area contributed by atoms with Crippen LogP contribution in [-0.2, 0) is 16.1 Å². The summed E-state index contributed by atoms with van der Waals surface area (Å²) in [5, 5.41) is 11.4. The number of rotatable bonds is 5. The minimum Gasteiger partial charge on any atom is -0.384 e. The van der Waals surface area contributed by atoms with E-state index < -0.39 is 0 Å². The molecule has 1 aromatic carbocycles. The van der Waals surface area contributed by atoms with Crippen LogP contribution < -0.4 is 5.32 Å². The van der Waals surface area contributed by atoms with Gasteiger partial charge in [-0.1, -0.05) is 24.0 Å². The van der Waals surface area contributed by atoms with E-state index in [-0.39, 0.29) is 12.5 Å². The molecule has 1 aromatic rings. The molecule has 18 heavy (non-hydrogen) atoms. The number of carbonyl (C=O) groups is 1. The van der Waals surface area contributed by atoms with Crippen molar-refractivity contribution in [3.8, 4) is 11.8 Å². The number of hydrogen-bond donors (Lipinski definition) is 2. The molecule has 0 unspecified atom stereocenters. The summed E-state index contributed by atoms with van der Waals surface area (Å²) in [5.74, 6) is 5.36. The predicted molar refractivity (Wildman–Crippen MR) is 68.7 cm³/mol. The molecule has 0 aliphatic carbocycles. The molecule has 0 bridgehead atoms. The van der Waals surface area contributed by atoms with Crippen LogP contribution in [0, 0.1) is 11.8 Å². The first-order valence-electron chi connectivity index (χ1n) is 5.70. The summed E-state index contributed by atoms with van der Waals surface area (Å²) in [5.41, 5.74) is 1.86. The van der Waals surface area contributed by atoms with Gasteiger partial charge in [-0.25, -0.2) is 0 Å². The fourth-order valence-electron chi connectivity index (χ4n) is 1.33. The normalized spacial score (nSPS) is 9.44. The van der Waals surface area contributed by atoms with Gasteiger partial charge in [0.05, 0.1) is 6.61 Å². The molecule has 0 fully saturated rings. The molecule has 1 amide bonds. The summed E-state index contributed by atoms with van der Waals surface area (Å²) in [7, 11) is 1.57. The number of nitrogens with one attached hydrogen (secondary N) is 1. The minimum atomic E-state index is -0.142. The Labute approximate surface area is 107 Å². The average molecular weight is 247 g/mol. The van der Waals surface area contributed by atoms with E-state index >= 15 is 0 Å². The van der Waals surface area contributed by atoms with Crippen molar-refractivity contribution in [2.45, 2.75) is 13.0 Å². The topological polar surface area (TPSA) is 58.6 Å². The highest BCUT2D eigenvalue weighted by Crippen LogP contribution is 2.03. The molecule has 0 saturated carbocycles. The number of amides is 1. The Morgan fingerprint density at radius 1 is 1.39 bits per heavy atom. The second-order valence-corrected chi connectivity index (χ2v) is 3.68. The molecule has 1 rings (SSSR count). The first-order chi connectivity index (χ1) is 8.76. The number of benzene rings is 1. The van der Waals surface area contributed by atoms with Gasteiger partial charge >= 0.3 is 0 Å². The molecule has 0 aromatic heterocycles. The van der Waals surface area contributed by atoms with E-state index in [4.69, 9.17) is 9.84 Å². The van der Waals surface area contributed by atoms with Gasteiger partial charge < -0.3 is 15.2 Å². The fourth-order valence-corrected chi connectivity index (χ4v) is 1.33. The largest absolute Gasteiger partial charge is 0.384 e. The van der Waals surface area contributed by atoms with Gasteiger partial charge in [-0.2, -0.15) is 0 Å². The van der Waals surface area contributed by atoms with Crippen molar-refractivity contribution in [3.63, 3.8) is 0 Å². The van der Waals surface area contributed by atoms with Crippen molar-refractivity contribution in [1.29, 1.82) is 0 Å². The first kappa shape index (κ1) is 14.2. The maximum Gasteiger partial charge on any atom is 0.222 e. The van der Waals surface area contributed by atoms with Crippen LogP contribution in [0.25, 0.3) is 0 Å². The van der Waals surface area contributed by atoms with E-state index in [2.05, 4.69) is 17.2 Å². The lowest BCUT2D eigenvalue weighted by molar-refractivity contribution is -0.122. The fraction of sp³-hybridized carbons (Fsp3) is 0.357. The lowest BCUT2D eigenvalue weighted by atomic mass is 10.1. The Kier molecular flexibility index (Phi) is 6.55. The molecule has 0 aliphatic rings. The third kappa shape index (κ3) is 5.48. The molecule has 96 valence electrons. The maximum absolute atomic E-state index is 11.3. The summed E-state index contributed by atoms with van der Waals surface area (Å²) < 4.78 is 4.82. The molecule has 0 heterocycles. The summed E-state index contributed by atoms with van der Waals surface area (Å²) in [6.45, 7) is 0.787. The zero-order valence-corrected chi connectivity index (χ0v) is 10.4. The Hall–Kier alpha value is -1.83. The zero-order valence-electron chi connectivity index (χ0n) is 10.4. The van der Waals surface area contributed by atoms with Crippen molar-refractivity contribution in [2.75, 3.05) is 20.3 Å². The lowest BCUT2D eigenvalue weighted by Crippen LogP contribution is -2.23. The quantitative estimate of drug-likeness (QED) is 0.752. The van der Waals surface area contributed by atoms with Gasteiger partial charge in [0.25, 0.3) is 0 Å². The third-order valence-electron chi connectivity index (χ3n) is 2.29. The summed E-state index contributed by atoms with van der Waals surface area (Å²) in [4.78, 5) is 11.3. The van der Waals surface area contributed by atoms with Crippen LogP contribution in [0.4, 0.5) is 0 Å². The number of methoxy groups -OCH3 is 1. The summed E-state index contributed by atoms with van der Waals surface area (Å²) in [6, 6.07) is 7.52. The van der Waals surface area contributed by atoms with Crippen molar-refractivity contribution in [3.05, 3.63) is 35.4 Å². The smallest absolute Gasteiger partial charge is 0.222 e. The van der Waals surface area contributed by atoms with E-state index in [0.29, 0.717) is 19.6 Å². The molecular formula is C14H17NO3. The van der Waals surface area contributed by atoms with Crippen molar-refractivity contribution < 1.29 is 14.6 Å². The zero-order chi connectivity index (χ0) is 13.2. The molecule has 4 nitrogen and oxygen atoms in total. The number of hydrogen-bond acceptors (Lipinski definition) is 3. The van der Waals surface area contributed by atoms with Gasteiger partial charge in [-0.3, -0.25) is 4.79 Å². The van der Waals surface area contributed by atoms with Crippen LogP contribution in [0.5, 0.6) is 0 Å². The maximum atomic E-state index is 11.3. The molecule has 4 heteroatoms.